The zero-order valence-electron chi connectivity index (χ0n) is 10.4. The van der Waals surface area contributed by atoms with Crippen molar-refractivity contribution in [2.45, 2.75) is 25.3 Å². The fourth-order valence-electron chi connectivity index (χ4n) is 2.38. The fourth-order valence-corrected chi connectivity index (χ4v) is 2.38. The summed E-state index contributed by atoms with van der Waals surface area (Å²) in [5, 5.41) is 8.85. The van der Waals surface area contributed by atoms with Crippen molar-refractivity contribution in [3.63, 3.8) is 0 Å². The van der Waals surface area contributed by atoms with Crippen molar-refractivity contribution >= 4 is 11.9 Å². The first-order chi connectivity index (χ1) is 9.11. The fraction of sp³-hybridized carbons (Fsp3) is 0.333. The molecule has 97 valence electrons. The standard InChI is InChI=1S/C15H14NO3/c1-2-11-5-7-12(8-6-11)15(19)16-9-3-4-13(16)10-14(17)18/h5-8,13H,3-4,9-10H2,(H,17,18). The summed E-state index contributed by atoms with van der Waals surface area (Å²) >= 11 is 0. The van der Waals surface area contributed by atoms with E-state index in [9.17, 15) is 9.59 Å². The van der Waals surface area contributed by atoms with Gasteiger partial charge in [0.15, 0.2) is 0 Å². The first kappa shape index (κ1) is 13.2. The number of rotatable bonds is 3. The van der Waals surface area contributed by atoms with Crippen molar-refractivity contribution in [3.8, 4) is 5.92 Å². The third-order valence-corrected chi connectivity index (χ3v) is 3.32. The van der Waals surface area contributed by atoms with Crippen LogP contribution in [0.3, 0.4) is 0 Å². The first-order valence-corrected chi connectivity index (χ1v) is 6.17. The van der Waals surface area contributed by atoms with Gasteiger partial charge in [-0.2, -0.15) is 0 Å². The normalized spacial score (nSPS) is 18.1. The maximum absolute atomic E-state index is 12.3. The molecule has 0 spiro atoms. The topological polar surface area (TPSA) is 57.6 Å². The molecule has 1 fully saturated rings. The minimum absolute atomic E-state index is 0.00189. The van der Waals surface area contributed by atoms with Crippen LogP contribution in [-0.4, -0.2) is 34.5 Å². The Morgan fingerprint density at radius 3 is 2.63 bits per heavy atom. The molecule has 0 bridgehead atoms. The zero-order valence-corrected chi connectivity index (χ0v) is 10.4. The largest absolute Gasteiger partial charge is 0.481 e. The molecule has 1 aliphatic rings. The SMILES string of the molecule is [C]#Cc1ccc(C(=O)N2CCCC2CC(=O)O)cc1. The van der Waals surface area contributed by atoms with E-state index in [4.69, 9.17) is 11.5 Å². The molecule has 0 aliphatic carbocycles. The van der Waals surface area contributed by atoms with Gasteiger partial charge in [-0.15, -0.1) is 0 Å². The van der Waals surface area contributed by atoms with Crippen LogP contribution in [0.25, 0.3) is 0 Å². The third kappa shape index (κ3) is 2.94. The van der Waals surface area contributed by atoms with Crippen LogP contribution < -0.4 is 0 Å². The van der Waals surface area contributed by atoms with Crippen LogP contribution in [0, 0.1) is 12.3 Å². The van der Waals surface area contributed by atoms with Crippen molar-refractivity contribution in [2.75, 3.05) is 6.54 Å². The Bertz CT molecular complexity index is 527. The van der Waals surface area contributed by atoms with E-state index in [1.807, 2.05) is 0 Å². The Hall–Kier alpha value is -2.28. The van der Waals surface area contributed by atoms with Gasteiger partial charge in [-0.05, 0) is 43.5 Å². The molecule has 1 saturated heterocycles. The van der Waals surface area contributed by atoms with Crippen molar-refractivity contribution in [1.29, 1.82) is 0 Å². The number of likely N-dealkylation sites (tertiary alicyclic amines) is 1. The highest BCUT2D eigenvalue weighted by molar-refractivity contribution is 5.95. The number of nitrogens with zero attached hydrogens (tertiary/aromatic N) is 1. The molecule has 19 heavy (non-hydrogen) atoms. The molecule has 2 rings (SSSR count). The van der Waals surface area contributed by atoms with E-state index in [0.29, 0.717) is 17.7 Å². The average Bonchev–Trinajstić information content (AvgIpc) is 2.85. The van der Waals surface area contributed by atoms with Crippen LogP contribution >= 0.6 is 0 Å². The summed E-state index contributed by atoms with van der Waals surface area (Å²) in [5.74, 6) is 1.23. The van der Waals surface area contributed by atoms with Crippen LogP contribution in [-0.2, 0) is 4.79 Å². The quantitative estimate of drug-likeness (QED) is 0.837. The minimum Gasteiger partial charge on any atom is -0.481 e. The molecule has 0 aromatic heterocycles. The molecular formula is C15H14NO3. The number of benzene rings is 1. The summed E-state index contributed by atoms with van der Waals surface area (Å²) in [5.41, 5.74) is 1.14. The summed E-state index contributed by atoms with van der Waals surface area (Å²) in [6.07, 6.45) is 8.57. The Morgan fingerprint density at radius 1 is 1.37 bits per heavy atom. The number of amides is 1. The van der Waals surface area contributed by atoms with Gasteiger partial charge >= 0.3 is 5.97 Å². The van der Waals surface area contributed by atoms with Crippen molar-refractivity contribution < 1.29 is 14.7 Å². The molecule has 1 atom stereocenters. The van der Waals surface area contributed by atoms with Crippen LogP contribution in [0.5, 0.6) is 0 Å². The Kier molecular flexibility index (Phi) is 3.86. The summed E-state index contributed by atoms with van der Waals surface area (Å²) < 4.78 is 0. The number of carboxylic acids is 1. The second kappa shape index (κ2) is 5.57. The summed E-state index contributed by atoms with van der Waals surface area (Å²) in [4.78, 5) is 24.7. The predicted molar refractivity (Wildman–Crippen MR) is 69.0 cm³/mol. The van der Waals surface area contributed by atoms with Gasteiger partial charge in [0, 0.05) is 23.7 Å². The Balaban J connectivity index is 2.13. The smallest absolute Gasteiger partial charge is 0.305 e. The highest BCUT2D eigenvalue weighted by Crippen LogP contribution is 2.22. The van der Waals surface area contributed by atoms with Crippen LogP contribution in [0.15, 0.2) is 24.3 Å². The van der Waals surface area contributed by atoms with Gasteiger partial charge in [-0.1, -0.05) is 5.92 Å². The second-order valence-electron chi connectivity index (χ2n) is 4.59. The predicted octanol–water partition coefficient (Wildman–Crippen LogP) is 1.70. The molecule has 1 N–H and O–H groups in total. The number of hydrogen-bond acceptors (Lipinski definition) is 2. The molecule has 1 heterocycles. The molecule has 1 aromatic rings. The van der Waals surface area contributed by atoms with E-state index in [0.717, 1.165) is 12.8 Å². The van der Waals surface area contributed by atoms with E-state index in [2.05, 4.69) is 5.92 Å². The van der Waals surface area contributed by atoms with E-state index in [-0.39, 0.29) is 18.4 Å². The molecule has 4 nitrogen and oxygen atoms in total. The average molecular weight is 256 g/mol. The third-order valence-electron chi connectivity index (χ3n) is 3.32. The number of carbonyl (C=O) groups is 2. The van der Waals surface area contributed by atoms with Gasteiger partial charge in [-0.3, -0.25) is 9.59 Å². The van der Waals surface area contributed by atoms with E-state index < -0.39 is 5.97 Å². The maximum atomic E-state index is 12.3. The summed E-state index contributed by atoms with van der Waals surface area (Å²) in [6.45, 7) is 0.606. The lowest BCUT2D eigenvalue weighted by atomic mass is 10.1. The van der Waals surface area contributed by atoms with E-state index in [1.54, 1.807) is 29.2 Å². The monoisotopic (exact) mass is 256 g/mol. The van der Waals surface area contributed by atoms with Gasteiger partial charge in [0.05, 0.1) is 6.42 Å². The Morgan fingerprint density at radius 2 is 2.05 bits per heavy atom. The number of carboxylic acid groups (broad SMARTS) is 1. The highest BCUT2D eigenvalue weighted by atomic mass is 16.4. The lowest BCUT2D eigenvalue weighted by Crippen LogP contribution is -2.36. The van der Waals surface area contributed by atoms with Gasteiger partial charge < -0.3 is 10.0 Å². The molecular weight excluding hydrogens is 242 g/mol. The summed E-state index contributed by atoms with van der Waals surface area (Å²) in [6, 6.07) is 6.40. The molecule has 1 aromatic carbocycles. The second-order valence-corrected chi connectivity index (χ2v) is 4.59. The van der Waals surface area contributed by atoms with Gasteiger partial charge in [-0.25, -0.2) is 0 Å². The molecule has 1 amide bonds. The molecule has 1 radical (unpaired) electrons. The molecule has 1 aliphatic heterocycles. The Labute approximate surface area is 112 Å². The number of hydrogen-bond donors (Lipinski definition) is 1. The molecule has 0 saturated carbocycles. The van der Waals surface area contributed by atoms with Crippen LogP contribution in [0.1, 0.15) is 35.2 Å². The van der Waals surface area contributed by atoms with E-state index >= 15 is 0 Å². The van der Waals surface area contributed by atoms with Crippen LogP contribution in [0.4, 0.5) is 0 Å². The van der Waals surface area contributed by atoms with Crippen molar-refractivity contribution in [2.24, 2.45) is 0 Å². The number of carbonyl (C=O) groups excluding carboxylic acids is 1. The van der Waals surface area contributed by atoms with Crippen LogP contribution in [0.2, 0.25) is 0 Å². The van der Waals surface area contributed by atoms with E-state index in [1.165, 1.54) is 0 Å². The lowest BCUT2D eigenvalue weighted by Gasteiger charge is -2.23. The molecule has 4 heteroatoms. The van der Waals surface area contributed by atoms with Gasteiger partial charge in [0.2, 0.25) is 0 Å². The minimum atomic E-state index is -0.876. The first-order valence-electron chi connectivity index (χ1n) is 6.17. The van der Waals surface area contributed by atoms with Gasteiger partial charge in [0.25, 0.3) is 5.91 Å². The lowest BCUT2D eigenvalue weighted by molar-refractivity contribution is -0.137. The van der Waals surface area contributed by atoms with Crippen molar-refractivity contribution in [1.82, 2.24) is 4.90 Å². The zero-order chi connectivity index (χ0) is 13.8. The highest BCUT2D eigenvalue weighted by Gasteiger charge is 2.30. The maximum Gasteiger partial charge on any atom is 0.305 e. The number of aliphatic carboxylic acids is 1. The van der Waals surface area contributed by atoms with Gasteiger partial charge in [0.1, 0.15) is 0 Å². The molecule has 1 unspecified atom stereocenters. The van der Waals surface area contributed by atoms with Crippen molar-refractivity contribution in [3.05, 3.63) is 41.8 Å². The summed E-state index contributed by atoms with van der Waals surface area (Å²) in [7, 11) is 0.